The fourth-order valence-electron chi connectivity index (χ4n) is 5.58. The first-order chi connectivity index (χ1) is 15.0. The van der Waals surface area contributed by atoms with Gasteiger partial charge in [0.25, 0.3) is 5.56 Å². The summed E-state index contributed by atoms with van der Waals surface area (Å²) in [6, 6.07) is 5.83. The summed E-state index contributed by atoms with van der Waals surface area (Å²) in [7, 11) is 0. The van der Waals surface area contributed by atoms with E-state index in [9.17, 15) is 14.7 Å². The van der Waals surface area contributed by atoms with E-state index < -0.39 is 11.6 Å². The van der Waals surface area contributed by atoms with Crippen LogP contribution in [0, 0.1) is 0 Å². The van der Waals surface area contributed by atoms with E-state index in [4.69, 9.17) is 15.5 Å². The predicted octanol–water partition coefficient (Wildman–Crippen LogP) is 2.45. The molecular weight excluding hydrogens is 430 g/mol. The second kappa shape index (κ2) is 7.13. The minimum absolute atomic E-state index is 0. The molecule has 0 saturated heterocycles. The minimum Gasteiger partial charge on any atom is -0.458 e. The van der Waals surface area contributed by atoms with E-state index in [0.717, 1.165) is 41.6 Å². The van der Waals surface area contributed by atoms with Crippen molar-refractivity contribution in [3.05, 3.63) is 61.9 Å². The molecule has 3 aliphatic rings. The molecular formula is C24H24ClN3O4. The molecule has 0 saturated carbocycles. The highest BCUT2D eigenvalue weighted by atomic mass is 35.5. The van der Waals surface area contributed by atoms with Crippen LogP contribution < -0.4 is 11.3 Å². The molecule has 2 aliphatic heterocycles. The Bertz CT molecular complexity index is 1380. The molecule has 0 bridgehead atoms. The van der Waals surface area contributed by atoms with Gasteiger partial charge in [0, 0.05) is 23.1 Å². The summed E-state index contributed by atoms with van der Waals surface area (Å²) in [5.41, 5.74) is 11.7. The lowest BCUT2D eigenvalue weighted by Crippen LogP contribution is -2.44. The van der Waals surface area contributed by atoms with Crippen molar-refractivity contribution < 1.29 is 14.6 Å². The van der Waals surface area contributed by atoms with Gasteiger partial charge in [-0.15, -0.1) is 12.4 Å². The number of aliphatic hydroxyl groups is 1. The highest BCUT2D eigenvalue weighted by Crippen LogP contribution is 2.42. The zero-order valence-corrected chi connectivity index (χ0v) is 18.6. The molecule has 0 amide bonds. The molecule has 7 nitrogen and oxygen atoms in total. The Balaban J connectivity index is 0.00000216. The van der Waals surface area contributed by atoms with Crippen molar-refractivity contribution in [2.24, 2.45) is 5.73 Å². The van der Waals surface area contributed by atoms with Gasteiger partial charge in [0.15, 0.2) is 5.60 Å². The Labute approximate surface area is 190 Å². The summed E-state index contributed by atoms with van der Waals surface area (Å²) in [6.45, 7) is 2.54. The molecule has 0 spiro atoms. The third-order valence-electron chi connectivity index (χ3n) is 7.25. The number of hydrogen-bond acceptors (Lipinski definition) is 6. The van der Waals surface area contributed by atoms with Crippen molar-refractivity contribution in [1.82, 2.24) is 9.55 Å². The molecule has 3 aromatic rings. The second-order valence-electron chi connectivity index (χ2n) is 8.68. The monoisotopic (exact) mass is 453 g/mol. The van der Waals surface area contributed by atoms with Crippen LogP contribution in [0.25, 0.3) is 22.3 Å². The lowest BCUT2D eigenvalue weighted by molar-refractivity contribution is -0.172. The van der Waals surface area contributed by atoms with Crippen LogP contribution in [0.2, 0.25) is 0 Å². The Morgan fingerprint density at radius 2 is 1.97 bits per heavy atom. The quantitative estimate of drug-likeness (QED) is 0.451. The number of aryl methyl sites for hydroxylation is 2. The molecule has 166 valence electrons. The maximum atomic E-state index is 13.4. The molecule has 6 rings (SSSR count). The Morgan fingerprint density at radius 3 is 2.72 bits per heavy atom. The van der Waals surface area contributed by atoms with Crippen molar-refractivity contribution in [2.45, 2.75) is 57.9 Å². The van der Waals surface area contributed by atoms with Crippen LogP contribution in [-0.2, 0) is 47.7 Å². The van der Waals surface area contributed by atoms with Crippen molar-refractivity contribution in [3.63, 3.8) is 0 Å². The lowest BCUT2D eigenvalue weighted by Gasteiger charge is -2.31. The number of benzene rings is 1. The van der Waals surface area contributed by atoms with Crippen molar-refractivity contribution in [1.29, 1.82) is 0 Å². The molecule has 3 N–H and O–H groups in total. The van der Waals surface area contributed by atoms with E-state index in [0.29, 0.717) is 29.9 Å². The van der Waals surface area contributed by atoms with E-state index in [1.807, 2.05) is 12.1 Å². The predicted molar refractivity (Wildman–Crippen MR) is 122 cm³/mol. The fourth-order valence-corrected chi connectivity index (χ4v) is 5.58. The number of aromatic nitrogens is 2. The zero-order chi connectivity index (χ0) is 21.5. The average Bonchev–Trinajstić information content (AvgIpc) is 3.16. The largest absolute Gasteiger partial charge is 0.458 e. The first kappa shape index (κ1) is 21.1. The van der Waals surface area contributed by atoms with Gasteiger partial charge in [-0.2, -0.15) is 0 Å². The Morgan fingerprint density at radius 1 is 1.19 bits per heavy atom. The van der Waals surface area contributed by atoms with Crippen LogP contribution in [0.4, 0.5) is 0 Å². The molecule has 4 heterocycles. The van der Waals surface area contributed by atoms with Crippen molar-refractivity contribution >= 4 is 29.3 Å². The number of ether oxygens (including phenoxy) is 1. The highest BCUT2D eigenvalue weighted by Gasteiger charge is 2.45. The van der Waals surface area contributed by atoms with Gasteiger partial charge in [0.1, 0.15) is 6.61 Å². The second-order valence-corrected chi connectivity index (χ2v) is 8.68. The van der Waals surface area contributed by atoms with Gasteiger partial charge < -0.3 is 20.1 Å². The normalized spacial score (nSPS) is 20.3. The molecule has 2 aromatic heterocycles. The summed E-state index contributed by atoms with van der Waals surface area (Å²) in [5.74, 6) is -0.703. The molecule has 1 aliphatic carbocycles. The van der Waals surface area contributed by atoms with Gasteiger partial charge in [-0.3, -0.25) is 4.79 Å². The molecule has 0 radical (unpaired) electrons. The molecule has 1 atom stereocenters. The standard InChI is InChI=1S/C24H23N3O4.ClH/c1-2-24(30)17-8-19-21-15(10-27(19)22(28)16(17)11-31-23(24)29)14-5-3-4-13-12(9-25)6-7-18(26-21)20(13)14;/h6-8,30H,2-5,9-11,25H2,1H3;1H/t24-;/m0./s1. The highest BCUT2D eigenvalue weighted by molar-refractivity contribution is 5.92. The number of cyclic esters (lactones) is 1. The zero-order valence-electron chi connectivity index (χ0n) is 17.7. The number of hydrogen-bond donors (Lipinski definition) is 2. The van der Waals surface area contributed by atoms with Crippen LogP contribution in [0.3, 0.4) is 0 Å². The van der Waals surface area contributed by atoms with Gasteiger partial charge in [0.05, 0.1) is 29.0 Å². The molecule has 32 heavy (non-hydrogen) atoms. The summed E-state index contributed by atoms with van der Waals surface area (Å²) in [5, 5.41) is 12.2. The first-order valence-corrected chi connectivity index (χ1v) is 10.8. The third kappa shape index (κ3) is 2.53. The van der Waals surface area contributed by atoms with Crippen LogP contribution >= 0.6 is 12.4 Å². The smallest absolute Gasteiger partial charge is 0.343 e. The molecule has 8 heteroatoms. The number of carbonyl (C=O) groups excluding carboxylic acids is 1. The Hall–Kier alpha value is -2.74. The van der Waals surface area contributed by atoms with E-state index in [1.165, 1.54) is 16.5 Å². The van der Waals surface area contributed by atoms with Gasteiger partial charge in [-0.1, -0.05) is 13.0 Å². The van der Waals surface area contributed by atoms with E-state index in [1.54, 1.807) is 17.6 Å². The van der Waals surface area contributed by atoms with Gasteiger partial charge in [-0.25, -0.2) is 9.78 Å². The van der Waals surface area contributed by atoms with Crippen molar-refractivity contribution in [2.75, 3.05) is 0 Å². The van der Waals surface area contributed by atoms with Crippen LogP contribution in [-0.4, -0.2) is 20.6 Å². The SMILES string of the molecule is CC[C@@]1(O)C(=O)OCc2c1cc1n(c2=O)Cc2c-1nc1ccc(CN)c3c1c2CCC3.Cl. The van der Waals surface area contributed by atoms with E-state index in [-0.39, 0.29) is 31.0 Å². The summed E-state index contributed by atoms with van der Waals surface area (Å²) in [6.07, 6.45) is 3.10. The topological polar surface area (TPSA) is 107 Å². The van der Waals surface area contributed by atoms with E-state index in [2.05, 4.69) is 0 Å². The average molecular weight is 454 g/mol. The van der Waals surface area contributed by atoms with Gasteiger partial charge in [0.2, 0.25) is 0 Å². The van der Waals surface area contributed by atoms with Gasteiger partial charge >= 0.3 is 5.97 Å². The maximum Gasteiger partial charge on any atom is 0.343 e. The van der Waals surface area contributed by atoms with E-state index >= 15 is 0 Å². The Kier molecular flexibility index (Phi) is 4.71. The van der Waals surface area contributed by atoms with Crippen molar-refractivity contribution in [3.8, 4) is 11.4 Å². The minimum atomic E-state index is -1.81. The third-order valence-corrected chi connectivity index (χ3v) is 7.25. The van der Waals surface area contributed by atoms with Gasteiger partial charge in [-0.05, 0) is 54.5 Å². The lowest BCUT2D eigenvalue weighted by atomic mass is 9.84. The summed E-state index contributed by atoms with van der Waals surface area (Å²) < 4.78 is 6.86. The molecule has 1 aromatic carbocycles. The molecule has 0 unspecified atom stereocenters. The summed E-state index contributed by atoms with van der Waals surface area (Å²) >= 11 is 0. The molecule has 0 fully saturated rings. The number of halogens is 1. The fraction of sp³-hybridized carbons (Fsp3) is 0.375. The number of fused-ring (bicyclic) bond motifs is 5. The van der Waals surface area contributed by atoms with Crippen LogP contribution in [0.15, 0.2) is 23.0 Å². The number of nitrogens with zero attached hydrogens (tertiary/aromatic N) is 2. The number of nitrogens with two attached hydrogens (primary N) is 1. The number of rotatable bonds is 2. The number of pyridine rings is 2. The number of carbonyl (C=O) groups is 1. The number of esters is 1. The van der Waals surface area contributed by atoms with Crippen LogP contribution in [0.5, 0.6) is 0 Å². The first-order valence-electron chi connectivity index (χ1n) is 10.8. The van der Waals surface area contributed by atoms with Crippen LogP contribution in [0.1, 0.15) is 53.1 Å². The maximum absolute atomic E-state index is 13.4. The summed E-state index contributed by atoms with van der Waals surface area (Å²) in [4.78, 5) is 30.7.